The first-order valence-electron chi connectivity index (χ1n) is 7.14. The van der Waals surface area contributed by atoms with Crippen LogP contribution in [0.15, 0.2) is 0 Å². The predicted octanol–water partition coefficient (Wildman–Crippen LogP) is 2.81. The molecule has 18 heavy (non-hydrogen) atoms. The minimum Gasteiger partial charge on any atom is -0.359 e. The third-order valence-corrected chi connectivity index (χ3v) is 3.19. The third-order valence-electron chi connectivity index (χ3n) is 3.19. The van der Waals surface area contributed by atoms with Crippen LogP contribution in [0.3, 0.4) is 0 Å². The first kappa shape index (κ1) is 17.4. The summed E-state index contributed by atoms with van der Waals surface area (Å²) >= 11 is 0. The second-order valence-electron chi connectivity index (χ2n) is 6.80. The molecule has 0 aliphatic carbocycles. The van der Waals surface area contributed by atoms with Crippen LogP contribution in [0.4, 0.5) is 0 Å². The van der Waals surface area contributed by atoms with Crippen molar-refractivity contribution in [3.05, 3.63) is 0 Å². The smallest absolute Gasteiger partial charge is 0.226 e. The fourth-order valence-corrected chi connectivity index (χ4v) is 2.22. The Hall–Kier alpha value is -0.570. The molecule has 1 amide bonds. The lowest BCUT2D eigenvalue weighted by atomic mass is 9.90. The molecule has 2 N–H and O–H groups in total. The second kappa shape index (κ2) is 7.78. The molecule has 3 nitrogen and oxygen atoms in total. The first-order valence-corrected chi connectivity index (χ1v) is 7.14. The van der Waals surface area contributed by atoms with E-state index in [4.69, 9.17) is 0 Å². The standard InChI is InChI=1S/C15H32N2O/c1-11(2)8-13(9-12(3)4)17-10-15(5,6)14(18)16-7/h11-13,17H,8-10H2,1-7H3,(H,16,18). The number of amides is 1. The largest absolute Gasteiger partial charge is 0.359 e. The quantitative estimate of drug-likeness (QED) is 0.701. The minimum absolute atomic E-state index is 0.0999. The number of hydrogen-bond acceptors (Lipinski definition) is 2. The van der Waals surface area contributed by atoms with Crippen LogP contribution >= 0.6 is 0 Å². The maximum Gasteiger partial charge on any atom is 0.226 e. The summed E-state index contributed by atoms with van der Waals surface area (Å²) < 4.78 is 0. The van der Waals surface area contributed by atoms with Gasteiger partial charge in [0.2, 0.25) is 5.91 Å². The van der Waals surface area contributed by atoms with Crippen molar-refractivity contribution in [3.8, 4) is 0 Å². The highest BCUT2D eigenvalue weighted by atomic mass is 16.2. The van der Waals surface area contributed by atoms with Gasteiger partial charge < -0.3 is 10.6 Å². The Kier molecular flexibility index (Phi) is 7.53. The molecule has 0 aliphatic heterocycles. The molecule has 108 valence electrons. The molecule has 0 rings (SSSR count). The Balaban J connectivity index is 4.36. The molecule has 0 spiro atoms. The molecular formula is C15H32N2O. The van der Waals surface area contributed by atoms with Crippen molar-refractivity contribution < 1.29 is 4.79 Å². The molecular weight excluding hydrogens is 224 g/mol. The predicted molar refractivity (Wildman–Crippen MR) is 78.5 cm³/mol. The van der Waals surface area contributed by atoms with Gasteiger partial charge in [0.1, 0.15) is 0 Å². The van der Waals surface area contributed by atoms with Crippen LogP contribution in [0.5, 0.6) is 0 Å². The lowest BCUT2D eigenvalue weighted by Crippen LogP contribution is -2.45. The van der Waals surface area contributed by atoms with Gasteiger partial charge in [0, 0.05) is 19.6 Å². The van der Waals surface area contributed by atoms with Crippen LogP contribution in [-0.4, -0.2) is 25.5 Å². The van der Waals surface area contributed by atoms with E-state index in [2.05, 4.69) is 38.3 Å². The summed E-state index contributed by atoms with van der Waals surface area (Å²) in [6.07, 6.45) is 2.34. The maximum absolute atomic E-state index is 11.7. The summed E-state index contributed by atoms with van der Waals surface area (Å²) in [5.41, 5.74) is -0.346. The van der Waals surface area contributed by atoms with Crippen LogP contribution < -0.4 is 10.6 Å². The summed E-state index contributed by atoms with van der Waals surface area (Å²) in [5.74, 6) is 1.47. The lowest BCUT2D eigenvalue weighted by molar-refractivity contribution is -0.128. The van der Waals surface area contributed by atoms with Crippen molar-refractivity contribution in [2.45, 2.75) is 60.4 Å². The Morgan fingerprint density at radius 3 is 1.83 bits per heavy atom. The fourth-order valence-electron chi connectivity index (χ4n) is 2.22. The van der Waals surface area contributed by atoms with Crippen LogP contribution in [0.2, 0.25) is 0 Å². The van der Waals surface area contributed by atoms with Crippen molar-refractivity contribution in [3.63, 3.8) is 0 Å². The molecule has 0 saturated carbocycles. The molecule has 0 atom stereocenters. The Bertz CT molecular complexity index is 237. The van der Waals surface area contributed by atoms with E-state index in [1.54, 1.807) is 7.05 Å². The zero-order valence-electron chi connectivity index (χ0n) is 13.3. The van der Waals surface area contributed by atoms with Crippen molar-refractivity contribution in [2.24, 2.45) is 17.3 Å². The highest BCUT2D eigenvalue weighted by Crippen LogP contribution is 2.17. The zero-order chi connectivity index (χ0) is 14.3. The van der Waals surface area contributed by atoms with Gasteiger partial charge >= 0.3 is 0 Å². The van der Waals surface area contributed by atoms with E-state index in [9.17, 15) is 4.79 Å². The van der Waals surface area contributed by atoms with Gasteiger partial charge in [-0.3, -0.25) is 4.79 Å². The van der Waals surface area contributed by atoms with E-state index >= 15 is 0 Å². The number of nitrogens with one attached hydrogen (secondary N) is 2. The molecule has 0 aromatic carbocycles. The second-order valence-corrected chi connectivity index (χ2v) is 6.80. The average Bonchev–Trinajstić information content (AvgIpc) is 2.23. The lowest BCUT2D eigenvalue weighted by Gasteiger charge is -2.28. The first-order chi connectivity index (χ1) is 8.19. The van der Waals surface area contributed by atoms with Crippen LogP contribution in [0.25, 0.3) is 0 Å². The maximum atomic E-state index is 11.7. The van der Waals surface area contributed by atoms with Crippen LogP contribution in [0.1, 0.15) is 54.4 Å². The third kappa shape index (κ3) is 7.00. The van der Waals surface area contributed by atoms with Gasteiger partial charge in [0.15, 0.2) is 0 Å². The number of carbonyl (C=O) groups is 1. The Morgan fingerprint density at radius 2 is 1.50 bits per heavy atom. The van der Waals surface area contributed by atoms with E-state index in [1.807, 2.05) is 13.8 Å². The number of carbonyl (C=O) groups excluding carboxylic acids is 1. The molecule has 0 saturated heterocycles. The summed E-state index contributed by atoms with van der Waals surface area (Å²) in [4.78, 5) is 11.7. The van der Waals surface area contributed by atoms with E-state index in [0.29, 0.717) is 17.9 Å². The van der Waals surface area contributed by atoms with Gasteiger partial charge in [0.25, 0.3) is 0 Å². The molecule has 0 unspecified atom stereocenters. The zero-order valence-corrected chi connectivity index (χ0v) is 13.3. The summed E-state index contributed by atoms with van der Waals surface area (Å²) in [6.45, 7) is 13.7. The molecule has 0 radical (unpaired) electrons. The van der Waals surface area contributed by atoms with Gasteiger partial charge in [-0.25, -0.2) is 0 Å². The number of rotatable bonds is 8. The Morgan fingerprint density at radius 1 is 1.06 bits per heavy atom. The van der Waals surface area contributed by atoms with Gasteiger partial charge in [0.05, 0.1) is 5.41 Å². The molecule has 0 fully saturated rings. The van der Waals surface area contributed by atoms with Crippen molar-refractivity contribution in [1.82, 2.24) is 10.6 Å². The van der Waals surface area contributed by atoms with Gasteiger partial charge in [-0.2, -0.15) is 0 Å². The van der Waals surface area contributed by atoms with Crippen molar-refractivity contribution >= 4 is 5.91 Å². The summed E-state index contributed by atoms with van der Waals surface area (Å²) in [6, 6.07) is 0.508. The van der Waals surface area contributed by atoms with E-state index < -0.39 is 0 Å². The van der Waals surface area contributed by atoms with Gasteiger partial charge in [-0.1, -0.05) is 27.7 Å². The van der Waals surface area contributed by atoms with Crippen LogP contribution in [0, 0.1) is 17.3 Å². The van der Waals surface area contributed by atoms with Gasteiger partial charge in [-0.05, 0) is 38.5 Å². The fraction of sp³-hybridized carbons (Fsp3) is 0.933. The average molecular weight is 256 g/mol. The number of hydrogen-bond donors (Lipinski definition) is 2. The molecule has 3 heteroatoms. The van der Waals surface area contributed by atoms with Crippen LogP contribution in [-0.2, 0) is 4.79 Å². The summed E-state index contributed by atoms with van der Waals surface area (Å²) in [7, 11) is 1.70. The minimum atomic E-state index is -0.346. The monoisotopic (exact) mass is 256 g/mol. The molecule has 0 bridgehead atoms. The van der Waals surface area contributed by atoms with Crippen molar-refractivity contribution in [1.29, 1.82) is 0 Å². The Labute approximate surface area is 113 Å². The summed E-state index contributed by atoms with van der Waals surface area (Å²) in [5, 5.41) is 6.31. The molecule has 0 aliphatic rings. The molecule has 0 heterocycles. The van der Waals surface area contributed by atoms with E-state index in [-0.39, 0.29) is 11.3 Å². The molecule has 0 aromatic rings. The highest BCUT2D eigenvalue weighted by Gasteiger charge is 2.27. The topological polar surface area (TPSA) is 41.1 Å². The molecule has 0 aromatic heterocycles. The van der Waals surface area contributed by atoms with Crippen molar-refractivity contribution in [2.75, 3.05) is 13.6 Å². The SMILES string of the molecule is CNC(=O)C(C)(C)CNC(CC(C)C)CC(C)C. The normalized spacial score (nSPS) is 12.6. The van der Waals surface area contributed by atoms with E-state index in [1.165, 1.54) is 12.8 Å². The van der Waals surface area contributed by atoms with Gasteiger partial charge in [-0.15, -0.1) is 0 Å². The highest BCUT2D eigenvalue weighted by molar-refractivity contribution is 5.81. The van der Waals surface area contributed by atoms with E-state index in [0.717, 1.165) is 6.54 Å².